The maximum absolute atomic E-state index is 12.3. The fourth-order valence-corrected chi connectivity index (χ4v) is 2.68. The lowest BCUT2D eigenvalue weighted by molar-refractivity contribution is -0.118. The van der Waals surface area contributed by atoms with E-state index in [1.165, 1.54) is 14.2 Å². The second-order valence-electron chi connectivity index (χ2n) is 5.26. The first kappa shape index (κ1) is 19.8. The van der Waals surface area contributed by atoms with Crippen LogP contribution in [0.4, 0.5) is 5.69 Å². The predicted molar refractivity (Wildman–Crippen MR) is 94.3 cm³/mol. The highest BCUT2D eigenvalue weighted by atomic mass is 35.5. The average Bonchev–Trinajstić information content (AvgIpc) is 2.50. The summed E-state index contributed by atoms with van der Waals surface area (Å²) in [5, 5.41) is 6.61. The minimum Gasteiger partial charge on any atom is -0.495 e. The van der Waals surface area contributed by atoms with E-state index in [1.54, 1.807) is 12.1 Å². The van der Waals surface area contributed by atoms with Gasteiger partial charge in [-0.15, -0.1) is 12.4 Å². The van der Waals surface area contributed by atoms with Gasteiger partial charge in [-0.2, -0.15) is 0 Å². The number of carbonyl (C=O) groups is 1. The van der Waals surface area contributed by atoms with Crippen LogP contribution in [0.5, 0.6) is 11.5 Å². The number of amides is 1. The van der Waals surface area contributed by atoms with Gasteiger partial charge in [0, 0.05) is 37.8 Å². The Morgan fingerprint density at radius 1 is 1.39 bits per heavy atom. The molecule has 1 saturated heterocycles. The van der Waals surface area contributed by atoms with Gasteiger partial charge in [-0.25, -0.2) is 0 Å². The number of carbonyl (C=O) groups excluding carboxylic acids is 1. The summed E-state index contributed by atoms with van der Waals surface area (Å²) in [7, 11) is 3.06. The SMILES string of the molecule is COc1cc(NC(=O)CN2CCNC[C@@H]2C)c(OC)cc1Cl.Cl. The standard InChI is InChI=1S/C15H22ClN3O3.ClH/c1-10-8-17-4-5-19(10)9-15(20)18-12-7-13(21-2)11(16)6-14(12)22-3;/h6-7,10,17H,4-5,8-9H2,1-3H3,(H,18,20);1H/t10-;/m0./s1. The molecule has 0 unspecified atom stereocenters. The van der Waals surface area contributed by atoms with Gasteiger partial charge < -0.3 is 20.1 Å². The first-order valence-corrected chi connectivity index (χ1v) is 7.59. The van der Waals surface area contributed by atoms with Crippen LogP contribution in [0.25, 0.3) is 0 Å². The van der Waals surface area contributed by atoms with Crippen molar-refractivity contribution in [2.24, 2.45) is 0 Å². The van der Waals surface area contributed by atoms with Crippen LogP contribution < -0.4 is 20.1 Å². The minimum atomic E-state index is -0.0866. The van der Waals surface area contributed by atoms with Gasteiger partial charge in [-0.1, -0.05) is 11.6 Å². The van der Waals surface area contributed by atoms with Crippen molar-refractivity contribution in [2.45, 2.75) is 13.0 Å². The first-order valence-electron chi connectivity index (χ1n) is 7.21. The van der Waals surface area contributed by atoms with Crippen LogP contribution in [0.1, 0.15) is 6.92 Å². The zero-order chi connectivity index (χ0) is 16.1. The molecule has 6 nitrogen and oxygen atoms in total. The molecule has 23 heavy (non-hydrogen) atoms. The van der Waals surface area contributed by atoms with Crippen molar-refractivity contribution in [3.05, 3.63) is 17.2 Å². The molecular weight excluding hydrogens is 341 g/mol. The van der Waals surface area contributed by atoms with Gasteiger partial charge in [0.15, 0.2) is 0 Å². The molecule has 1 aliphatic rings. The summed E-state index contributed by atoms with van der Waals surface area (Å²) in [6, 6.07) is 3.63. The van der Waals surface area contributed by atoms with Crippen molar-refractivity contribution in [3.8, 4) is 11.5 Å². The molecule has 0 bridgehead atoms. The van der Waals surface area contributed by atoms with Gasteiger partial charge in [0.25, 0.3) is 0 Å². The number of halogens is 2. The summed E-state index contributed by atoms with van der Waals surface area (Å²) in [5.41, 5.74) is 0.552. The van der Waals surface area contributed by atoms with Crippen molar-refractivity contribution in [1.82, 2.24) is 10.2 Å². The largest absolute Gasteiger partial charge is 0.495 e. The zero-order valence-corrected chi connectivity index (χ0v) is 15.1. The number of methoxy groups -OCH3 is 2. The highest BCUT2D eigenvalue weighted by molar-refractivity contribution is 6.32. The van der Waals surface area contributed by atoms with E-state index in [4.69, 9.17) is 21.1 Å². The van der Waals surface area contributed by atoms with Crippen LogP contribution in [0.3, 0.4) is 0 Å². The molecule has 1 aromatic carbocycles. The monoisotopic (exact) mass is 363 g/mol. The summed E-state index contributed by atoms with van der Waals surface area (Å²) >= 11 is 6.06. The Morgan fingerprint density at radius 3 is 2.70 bits per heavy atom. The van der Waals surface area contributed by atoms with Crippen LogP contribution >= 0.6 is 24.0 Å². The summed E-state index contributed by atoms with van der Waals surface area (Å²) < 4.78 is 10.4. The number of benzene rings is 1. The lowest BCUT2D eigenvalue weighted by Crippen LogP contribution is -2.51. The molecular formula is C15H23Cl2N3O3. The van der Waals surface area contributed by atoms with Gasteiger partial charge >= 0.3 is 0 Å². The van der Waals surface area contributed by atoms with Crippen molar-refractivity contribution >= 4 is 35.6 Å². The summed E-state index contributed by atoms with van der Waals surface area (Å²) in [6.45, 7) is 5.10. The Labute approximate surface area is 147 Å². The zero-order valence-electron chi connectivity index (χ0n) is 13.5. The van der Waals surface area contributed by atoms with E-state index in [1.807, 2.05) is 0 Å². The second-order valence-corrected chi connectivity index (χ2v) is 5.67. The Bertz CT molecular complexity index is 543. The van der Waals surface area contributed by atoms with Crippen molar-refractivity contribution in [3.63, 3.8) is 0 Å². The Hall–Kier alpha value is -1.21. The molecule has 130 valence electrons. The molecule has 1 atom stereocenters. The highest BCUT2D eigenvalue weighted by Crippen LogP contribution is 2.35. The number of piperazine rings is 1. The van der Waals surface area contributed by atoms with Crippen LogP contribution in [0.15, 0.2) is 12.1 Å². The fraction of sp³-hybridized carbons (Fsp3) is 0.533. The third-order valence-corrected chi connectivity index (χ3v) is 4.03. The average molecular weight is 364 g/mol. The van der Waals surface area contributed by atoms with Crippen LogP contribution in [0, 0.1) is 0 Å². The van der Waals surface area contributed by atoms with Crippen LogP contribution in [-0.4, -0.2) is 57.2 Å². The maximum Gasteiger partial charge on any atom is 0.238 e. The molecule has 0 saturated carbocycles. The summed E-state index contributed by atoms with van der Waals surface area (Å²) in [4.78, 5) is 14.4. The molecule has 0 aromatic heterocycles. The number of rotatable bonds is 5. The number of nitrogens with zero attached hydrogens (tertiary/aromatic N) is 1. The van der Waals surface area contributed by atoms with Crippen molar-refractivity contribution < 1.29 is 14.3 Å². The minimum absolute atomic E-state index is 0. The molecule has 1 aliphatic heterocycles. The van der Waals surface area contributed by atoms with E-state index in [-0.39, 0.29) is 18.3 Å². The number of anilines is 1. The number of ether oxygens (including phenoxy) is 2. The molecule has 1 fully saturated rings. The van der Waals surface area contributed by atoms with E-state index >= 15 is 0 Å². The lowest BCUT2D eigenvalue weighted by atomic mass is 10.2. The Morgan fingerprint density at radius 2 is 2.09 bits per heavy atom. The number of hydrogen-bond acceptors (Lipinski definition) is 5. The lowest BCUT2D eigenvalue weighted by Gasteiger charge is -2.33. The van der Waals surface area contributed by atoms with E-state index in [2.05, 4.69) is 22.5 Å². The van der Waals surface area contributed by atoms with E-state index in [0.29, 0.717) is 34.8 Å². The summed E-state index contributed by atoms with van der Waals surface area (Å²) in [5.74, 6) is 0.914. The Balaban J connectivity index is 0.00000264. The number of hydrogen-bond donors (Lipinski definition) is 2. The predicted octanol–water partition coefficient (Wildman–Crippen LogP) is 2.01. The van der Waals surface area contributed by atoms with Gasteiger partial charge in [-0.05, 0) is 6.92 Å². The van der Waals surface area contributed by atoms with E-state index < -0.39 is 0 Å². The quantitative estimate of drug-likeness (QED) is 0.837. The molecule has 8 heteroatoms. The van der Waals surface area contributed by atoms with E-state index in [9.17, 15) is 4.79 Å². The van der Waals surface area contributed by atoms with E-state index in [0.717, 1.165) is 19.6 Å². The van der Waals surface area contributed by atoms with Crippen molar-refractivity contribution in [2.75, 3.05) is 45.7 Å². The van der Waals surface area contributed by atoms with Gasteiger partial charge in [-0.3, -0.25) is 9.69 Å². The maximum atomic E-state index is 12.3. The molecule has 2 N–H and O–H groups in total. The molecule has 2 rings (SSSR count). The van der Waals surface area contributed by atoms with Crippen LogP contribution in [0.2, 0.25) is 5.02 Å². The molecule has 0 radical (unpaired) electrons. The number of nitrogens with one attached hydrogen (secondary N) is 2. The molecule has 0 spiro atoms. The smallest absolute Gasteiger partial charge is 0.238 e. The summed E-state index contributed by atoms with van der Waals surface area (Å²) in [6.07, 6.45) is 0. The van der Waals surface area contributed by atoms with Gasteiger partial charge in [0.1, 0.15) is 11.5 Å². The molecule has 1 heterocycles. The highest BCUT2D eigenvalue weighted by Gasteiger charge is 2.21. The van der Waals surface area contributed by atoms with Crippen LogP contribution in [-0.2, 0) is 4.79 Å². The van der Waals surface area contributed by atoms with Gasteiger partial charge in [0.2, 0.25) is 5.91 Å². The molecule has 1 amide bonds. The molecule has 1 aromatic rings. The third kappa shape index (κ3) is 5.14. The topological polar surface area (TPSA) is 62.8 Å². The third-order valence-electron chi connectivity index (χ3n) is 3.73. The normalized spacial score (nSPS) is 18.0. The second kappa shape index (κ2) is 9.17. The first-order chi connectivity index (χ1) is 10.5. The fourth-order valence-electron chi connectivity index (χ4n) is 2.45. The Kier molecular flexibility index (Phi) is 7.91. The molecule has 0 aliphatic carbocycles. The van der Waals surface area contributed by atoms with Gasteiger partial charge in [0.05, 0.1) is 31.5 Å². The van der Waals surface area contributed by atoms with Crippen molar-refractivity contribution in [1.29, 1.82) is 0 Å².